The fourth-order valence-corrected chi connectivity index (χ4v) is 0.806. The molecule has 4 unspecified atom stereocenters. The number of hydrogen-bond acceptors (Lipinski definition) is 8. The van der Waals surface area contributed by atoms with Crippen molar-refractivity contribution in [2.24, 2.45) is 0 Å². The van der Waals surface area contributed by atoms with E-state index in [-0.39, 0.29) is 0 Å². The smallest absolute Gasteiger partial charge is 0.394 e. The molecule has 11 heteroatoms. The van der Waals surface area contributed by atoms with Gasteiger partial charge in [-0.25, -0.2) is 0 Å². The lowest BCUT2D eigenvalue weighted by molar-refractivity contribution is -0.149. The quantitative estimate of drug-likeness (QED) is 0.221. The van der Waals surface area contributed by atoms with Crippen molar-refractivity contribution in [3.05, 3.63) is 0 Å². The van der Waals surface area contributed by atoms with Crippen molar-refractivity contribution in [1.82, 2.24) is 0 Å². The van der Waals surface area contributed by atoms with E-state index >= 15 is 0 Å². The predicted molar refractivity (Wildman–Crippen MR) is 55.2 cm³/mol. The second-order valence-electron chi connectivity index (χ2n) is 3.05. The average molecular weight is 291 g/mol. The molecule has 0 aliphatic heterocycles. The zero-order valence-electron chi connectivity index (χ0n) is 9.07. The lowest BCUT2D eigenvalue weighted by Crippen LogP contribution is -2.49. The van der Waals surface area contributed by atoms with E-state index in [4.69, 9.17) is 45.0 Å². The number of ketones is 1. The normalized spacial score (nSPS) is 16.9. The highest BCUT2D eigenvalue weighted by Crippen LogP contribution is 2.05. The number of Topliss-reactive ketones (excluding diaryl/α,β-unsaturated/α-hetero) is 1. The van der Waals surface area contributed by atoms with E-state index in [0.29, 0.717) is 0 Å². The van der Waals surface area contributed by atoms with Crippen LogP contribution >= 0.6 is 8.25 Å². The van der Waals surface area contributed by atoms with Crippen molar-refractivity contribution in [3.63, 3.8) is 0 Å². The number of carbonyl (C=O) groups excluding carboxylic acids is 1. The molecule has 0 bridgehead atoms. The maximum Gasteiger partial charge on any atom is 0.692 e. The summed E-state index contributed by atoms with van der Waals surface area (Å²) in [7, 11) is -2.87. The summed E-state index contributed by atoms with van der Waals surface area (Å²) in [5.74, 6) is -1.08. The van der Waals surface area contributed by atoms with Gasteiger partial charge in [-0.3, -0.25) is 4.79 Å². The third-order valence-corrected chi connectivity index (χ3v) is 1.74. The molecular formula is C7H16O10P+. The molecule has 0 aromatic carbocycles. The first kappa shape index (κ1) is 19.8. The molecule has 0 amide bonds. The molecule has 0 radical (unpaired) electrons. The Kier molecular flexibility index (Phi) is 11.4. The van der Waals surface area contributed by atoms with E-state index in [9.17, 15) is 4.79 Å². The van der Waals surface area contributed by atoms with Gasteiger partial charge in [0.15, 0.2) is 5.78 Å². The monoisotopic (exact) mass is 291 g/mol. The molecule has 0 aliphatic rings. The summed E-state index contributed by atoms with van der Waals surface area (Å²) < 4.78 is 8.70. The van der Waals surface area contributed by atoms with Crippen LogP contribution in [0.25, 0.3) is 0 Å². The highest BCUT2D eigenvalue weighted by molar-refractivity contribution is 7.30. The van der Waals surface area contributed by atoms with E-state index < -0.39 is 51.7 Å². The minimum atomic E-state index is -2.87. The summed E-state index contributed by atoms with van der Waals surface area (Å²) in [6, 6.07) is 0. The maximum atomic E-state index is 10.7. The molecule has 0 heterocycles. The Morgan fingerprint density at radius 2 is 1.39 bits per heavy atom. The summed E-state index contributed by atoms with van der Waals surface area (Å²) in [6.45, 7) is -1.81. The standard InChI is InChI=1S/C7H14O7.HO3P/c8-1-3(10)5(12)7(14)6(13)4(11)2-9;1-4(2)3/h3,5-10,12-14H,1-2H2;(H-,1,2,3)/p+1. The Labute approximate surface area is 102 Å². The van der Waals surface area contributed by atoms with Gasteiger partial charge in [-0.15, -0.1) is 9.79 Å². The highest BCUT2D eigenvalue weighted by atomic mass is 31.1. The van der Waals surface area contributed by atoms with Crippen LogP contribution < -0.4 is 0 Å². The summed E-state index contributed by atoms with van der Waals surface area (Å²) in [5, 5.41) is 52.7. The Morgan fingerprint density at radius 3 is 1.67 bits per heavy atom. The molecule has 10 nitrogen and oxygen atoms in total. The van der Waals surface area contributed by atoms with Crippen molar-refractivity contribution in [1.29, 1.82) is 0 Å². The Balaban J connectivity index is 0. The van der Waals surface area contributed by atoms with Crippen LogP contribution in [0.1, 0.15) is 0 Å². The van der Waals surface area contributed by atoms with Crippen molar-refractivity contribution in [2.75, 3.05) is 13.2 Å². The first-order chi connectivity index (χ1) is 8.18. The number of aliphatic hydroxyl groups excluding tert-OH is 6. The second kappa shape index (κ2) is 10.4. The number of rotatable bonds is 6. The van der Waals surface area contributed by atoms with E-state index in [0.717, 1.165) is 0 Å². The van der Waals surface area contributed by atoms with Gasteiger partial charge in [0, 0.05) is 4.57 Å². The average Bonchev–Trinajstić information content (AvgIpc) is 2.33. The van der Waals surface area contributed by atoms with Crippen LogP contribution in [0.15, 0.2) is 0 Å². The third kappa shape index (κ3) is 8.53. The molecule has 0 aromatic rings. The van der Waals surface area contributed by atoms with Gasteiger partial charge in [-0.05, 0) is 0 Å². The van der Waals surface area contributed by atoms with Gasteiger partial charge >= 0.3 is 8.25 Å². The molecule has 18 heavy (non-hydrogen) atoms. The van der Waals surface area contributed by atoms with Crippen molar-refractivity contribution >= 4 is 14.0 Å². The molecule has 8 N–H and O–H groups in total. The summed E-state index contributed by atoms with van der Waals surface area (Å²) in [4.78, 5) is 24.9. The predicted octanol–water partition coefficient (Wildman–Crippen LogP) is -4.39. The summed E-state index contributed by atoms with van der Waals surface area (Å²) in [6.07, 6.45) is -7.45. The molecule has 4 atom stereocenters. The highest BCUT2D eigenvalue weighted by Gasteiger charge is 2.33. The Morgan fingerprint density at radius 1 is 1.00 bits per heavy atom. The van der Waals surface area contributed by atoms with E-state index in [1.54, 1.807) is 0 Å². The first-order valence-corrected chi connectivity index (χ1v) is 5.67. The van der Waals surface area contributed by atoms with Crippen LogP contribution in [-0.4, -0.2) is 83.8 Å². The molecule has 0 saturated heterocycles. The van der Waals surface area contributed by atoms with Gasteiger partial charge in [0.2, 0.25) is 0 Å². The van der Waals surface area contributed by atoms with Crippen LogP contribution in [0.2, 0.25) is 0 Å². The fourth-order valence-electron chi connectivity index (χ4n) is 0.806. The van der Waals surface area contributed by atoms with Crippen molar-refractivity contribution in [3.8, 4) is 0 Å². The summed E-state index contributed by atoms with van der Waals surface area (Å²) >= 11 is 0. The van der Waals surface area contributed by atoms with Gasteiger partial charge in [0.25, 0.3) is 0 Å². The van der Waals surface area contributed by atoms with Crippen molar-refractivity contribution in [2.45, 2.75) is 24.4 Å². The molecular weight excluding hydrogens is 275 g/mol. The zero-order valence-corrected chi connectivity index (χ0v) is 9.96. The molecule has 0 aliphatic carbocycles. The third-order valence-electron chi connectivity index (χ3n) is 1.74. The molecule has 0 spiro atoms. The zero-order chi connectivity index (χ0) is 14.9. The van der Waals surface area contributed by atoms with Gasteiger partial charge in [0.05, 0.1) is 6.61 Å². The lowest BCUT2D eigenvalue weighted by atomic mass is 10.0. The molecule has 0 saturated carbocycles. The van der Waals surface area contributed by atoms with Gasteiger partial charge < -0.3 is 30.6 Å². The Hall–Kier alpha value is -0.550. The first-order valence-electron chi connectivity index (χ1n) is 4.50. The molecule has 0 rings (SSSR count). The van der Waals surface area contributed by atoms with E-state index in [1.807, 2.05) is 0 Å². The maximum absolute atomic E-state index is 10.7. The minimum Gasteiger partial charge on any atom is -0.394 e. The summed E-state index contributed by atoms with van der Waals surface area (Å²) in [5.41, 5.74) is 0. The topological polar surface area (TPSA) is 196 Å². The molecule has 108 valence electrons. The van der Waals surface area contributed by atoms with Crippen molar-refractivity contribution < 1.29 is 49.8 Å². The Bertz CT molecular complexity index is 255. The van der Waals surface area contributed by atoms with E-state index in [2.05, 4.69) is 0 Å². The van der Waals surface area contributed by atoms with Crippen LogP contribution in [0.4, 0.5) is 0 Å². The molecule has 0 aromatic heterocycles. The number of hydrogen-bond donors (Lipinski definition) is 8. The van der Waals surface area contributed by atoms with Crippen LogP contribution in [-0.2, 0) is 9.36 Å². The number of carbonyl (C=O) groups is 1. The molecule has 0 fully saturated rings. The van der Waals surface area contributed by atoms with Gasteiger partial charge in [-0.2, -0.15) is 0 Å². The second-order valence-corrected chi connectivity index (χ2v) is 3.56. The SMILES string of the molecule is O=C(CO)C(O)C(O)C(O)C(O)CO.O=[P+](O)O. The number of aliphatic hydroxyl groups is 6. The fraction of sp³-hybridized carbons (Fsp3) is 0.857. The largest absolute Gasteiger partial charge is 0.692 e. The minimum absolute atomic E-state index is 0.821. The lowest BCUT2D eigenvalue weighted by Gasteiger charge is -2.24. The van der Waals surface area contributed by atoms with Gasteiger partial charge in [-0.1, -0.05) is 0 Å². The van der Waals surface area contributed by atoms with Crippen LogP contribution in [0, 0.1) is 0 Å². The van der Waals surface area contributed by atoms with E-state index in [1.165, 1.54) is 0 Å². The van der Waals surface area contributed by atoms with Crippen LogP contribution in [0.5, 0.6) is 0 Å². The van der Waals surface area contributed by atoms with Crippen LogP contribution in [0.3, 0.4) is 0 Å². The van der Waals surface area contributed by atoms with Gasteiger partial charge in [0.1, 0.15) is 31.0 Å².